The van der Waals surface area contributed by atoms with Gasteiger partial charge < -0.3 is 14.7 Å². The van der Waals surface area contributed by atoms with E-state index in [1.807, 2.05) is 0 Å². The molecule has 1 N–H and O–H groups in total. The Bertz CT molecular complexity index is 832. The predicted molar refractivity (Wildman–Crippen MR) is 75.2 cm³/mol. The number of imidazole rings is 1. The smallest absolute Gasteiger partial charge is 0.449 e. The summed E-state index contributed by atoms with van der Waals surface area (Å²) in [6.45, 7) is 0.525. The molecule has 2 aliphatic heterocycles. The SMILES string of the molecule is O=C(O)Oc1ncn2c1[C@@H]1CCCN1C(=O)c1cc(F)ccc1-2. The van der Waals surface area contributed by atoms with Crippen molar-refractivity contribution < 1.29 is 23.8 Å². The van der Waals surface area contributed by atoms with E-state index in [2.05, 4.69) is 4.98 Å². The molecule has 2 aliphatic rings. The fourth-order valence-corrected chi connectivity index (χ4v) is 3.34. The molecule has 7 nitrogen and oxygen atoms in total. The van der Waals surface area contributed by atoms with E-state index < -0.39 is 12.0 Å². The summed E-state index contributed by atoms with van der Waals surface area (Å²) < 4.78 is 20.0. The number of carbonyl (C=O) groups excluding carboxylic acids is 1. The lowest BCUT2D eigenvalue weighted by atomic mass is 10.1. The molecule has 0 bridgehead atoms. The monoisotopic (exact) mass is 317 g/mol. The average molecular weight is 317 g/mol. The number of rotatable bonds is 1. The third kappa shape index (κ3) is 1.98. The van der Waals surface area contributed by atoms with Crippen molar-refractivity contribution in [2.75, 3.05) is 6.54 Å². The Balaban J connectivity index is 1.98. The van der Waals surface area contributed by atoms with Gasteiger partial charge in [-0.05, 0) is 31.0 Å². The number of carbonyl (C=O) groups is 2. The average Bonchev–Trinajstić information content (AvgIpc) is 3.10. The lowest BCUT2D eigenvalue weighted by Gasteiger charge is -2.22. The first-order chi connectivity index (χ1) is 11.1. The second-order valence-electron chi connectivity index (χ2n) is 5.49. The van der Waals surface area contributed by atoms with Crippen LogP contribution in [0.3, 0.4) is 0 Å². The van der Waals surface area contributed by atoms with Crippen LogP contribution >= 0.6 is 0 Å². The summed E-state index contributed by atoms with van der Waals surface area (Å²) in [4.78, 5) is 29.3. The van der Waals surface area contributed by atoms with E-state index in [0.717, 1.165) is 6.42 Å². The molecular weight excluding hydrogens is 305 g/mol. The van der Waals surface area contributed by atoms with Gasteiger partial charge in [-0.3, -0.25) is 9.36 Å². The molecule has 1 aromatic heterocycles. The molecule has 1 amide bonds. The van der Waals surface area contributed by atoms with E-state index in [1.54, 1.807) is 9.47 Å². The third-order valence-electron chi connectivity index (χ3n) is 4.23. The highest BCUT2D eigenvalue weighted by Gasteiger charge is 2.40. The Kier molecular flexibility index (Phi) is 2.87. The fourth-order valence-electron chi connectivity index (χ4n) is 3.34. The highest BCUT2D eigenvalue weighted by Crippen LogP contribution is 2.42. The first-order valence-corrected chi connectivity index (χ1v) is 7.15. The van der Waals surface area contributed by atoms with Gasteiger partial charge in [-0.25, -0.2) is 14.2 Å². The van der Waals surface area contributed by atoms with Gasteiger partial charge in [-0.2, -0.15) is 0 Å². The Hall–Kier alpha value is -2.90. The molecule has 4 rings (SSSR count). The van der Waals surface area contributed by atoms with Crippen molar-refractivity contribution in [1.82, 2.24) is 14.5 Å². The molecule has 23 heavy (non-hydrogen) atoms. The van der Waals surface area contributed by atoms with E-state index >= 15 is 0 Å². The minimum atomic E-state index is -1.47. The van der Waals surface area contributed by atoms with Crippen LogP contribution in [0.2, 0.25) is 0 Å². The van der Waals surface area contributed by atoms with Gasteiger partial charge in [0.15, 0.2) is 0 Å². The van der Waals surface area contributed by atoms with Gasteiger partial charge in [0.2, 0.25) is 5.88 Å². The molecule has 3 heterocycles. The van der Waals surface area contributed by atoms with Crippen molar-refractivity contribution in [2.45, 2.75) is 18.9 Å². The zero-order valence-corrected chi connectivity index (χ0v) is 11.9. The van der Waals surface area contributed by atoms with Crippen LogP contribution in [0.5, 0.6) is 5.88 Å². The molecule has 0 saturated carbocycles. The van der Waals surface area contributed by atoms with Crippen molar-refractivity contribution in [3.8, 4) is 11.6 Å². The maximum atomic E-state index is 13.6. The third-order valence-corrected chi connectivity index (χ3v) is 4.23. The summed E-state index contributed by atoms with van der Waals surface area (Å²) in [6, 6.07) is 3.60. The maximum absolute atomic E-state index is 13.6. The number of aromatic nitrogens is 2. The summed E-state index contributed by atoms with van der Waals surface area (Å²) in [7, 11) is 0. The number of fused-ring (bicyclic) bond motifs is 5. The molecule has 8 heteroatoms. The number of hydrogen-bond acceptors (Lipinski definition) is 4. The second-order valence-corrected chi connectivity index (χ2v) is 5.49. The Labute approximate surface area is 129 Å². The van der Waals surface area contributed by atoms with Crippen molar-refractivity contribution in [3.63, 3.8) is 0 Å². The minimum absolute atomic E-state index is 0.0422. The van der Waals surface area contributed by atoms with Crippen LogP contribution in [0.15, 0.2) is 24.5 Å². The van der Waals surface area contributed by atoms with Gasteiger partial charge in [0, 0.05) is 6.54 Å². The van der Waals surface area contributed by atoms with Crippen molar-refractivity contribution in [2.24, 2.45) is 0 Å². The van der Waals surface area contributed by atoms with Gasteiger partial charge in [-0.15, -0.1) is 0 Å². The first kappa shape index (κ1) is 13.7. The molecule has 1 fully saturated rings. The normalized spacial score (nSPS) is 18.9. The van der Waals surface area contributed by atoms with Crippen LogP contribution in [-0.4, -0.2) is 38.2 Å². The van der Waals surface area contributed by atoms with Crippen LogP contribution in [0.25, 0.3) is 5.69 Å². The topological polar surface area (TPSA) is 84.7 Å². The highest BCUT2D eigenvalue weighted by atomic mass is 19.1. The zero-order valence-electron chi connectivity index (χ0n) is 11.9. The lowest BCUT2D eigenvalue weighted by molar-refractivity contribution is 0.0736. The van der Waals surface area contributed by atoms with E-state index in [0.29, 0.717) is 24.3 Å². The minimum Gasteiger partial charge on any atom is -0.449 e. The van der Waals surface area contributed by atoms with E-state index in [1.165, 1.54) is 24.5 Å². The zero-order chi connectivity index (χ0) is 16.1. The standard InChI is InChI=1S/C15H12FN3O4/c16-8-3-4-10-9(6-8)14(20)18-5-1-2-11(18)12-13(23-15(21)22)17-7-19(10)12/h3-4,6-7,11H,1-2,5H2,(H,21,22)/t11-/m0/s1. The number of hydrogen-bond donors (Lipinski definition) is 1. The summed E-state index contributed by atoms with van der Waals surface area (Å²) in [5.41, 5.74) is 1.20. The largest absolute Gasteiger partial charge is 0.512 e. The summed E-state index contributed by atoms with van der Waals surface area (Å²) in [5.74, 6) is -0.815. The van der Waals surface area contributed by atoms with Crippen LogP contribution in [-0.2, 0) is 0 Å². The van der Waals surface area contributed by atoms with Gasteiger partial charge in [0.1, 0.15) is 17.8 Å². The van der Waals surface area contributed by atoms with Crippen LogP contribution < -0.4 is 4.74 Å². The second kappa shape index (κ2) is 4.80. The van der Waals surface area contributed by atoms with Crippen LogP contribution in [0.1, 0.15) is 34.9 Å². The van der Waals surface area contributed by atoms with Crippen molar-refractivity contribution in [1.29, 1.82) is 0 Å². The van der Waals surface area contributed by atoms with Crippen molar-refractivity contribution >= 4 is 12.1 Å². The number of amides is 1. The molecular formula is C15H12FN3O4. The van der Waals surface area contributed by atoms with Gasteiger partial charge >= 0.3 is 6.16 Å². The summed E-state index contributed by atoms with van der Waals surface area (Å²) in [6.07, 6.45) is 1.38. The maximum Gasteiger partial charge on any atom is 0.512 e. The Morgan fingerprint density at radius 1 is 1.43 bits per heavy atom. The van der Waals surface area contributed by atoms with E-state index in [4.69, 9.17) is 9.84 Å². The first-order valence-electron chi connectivity index (χ1n) is 7.15. The van der Waals surface area contributed by atoms with Crippen molar-refractivity contribution in [3.05, 3.63) is 41.6 Å². The number of benzene rings is 1. The van der Waals surface area contributed by atoms with Gasteiger partial charge in [0.05, 0.1) is 17.3 Å². The van der Waals surface area contributed by atoms with Crippen LogP contribution in [0, 0.1) is 5.82 Å². The molecule has 0 aliphatic carbocycles. The Morgan fingerprint density at radius 2 is 2.26 bits per heavy atom. The molecule has 1 aromatic carbocycles. The molecule has 0 unspecified atom stereocenters. The Morgan fingerprint density at radius 3 is 3.04 bits per heavy atom. The number of carboxylic acid groups (broad SMARTS) is 1. The molecule has 0 spiro atoms. The number of halogens is 1. The lowest BCUT2D eigenvalue weighted by Crippen LogP contribution is -2.29. The molecule has 0 radical (unpaired) electrons. The quantitative estimate of drug-likeness (QED) is 0.816. The van der Waals surface area contributed by atoms with E-state index in [-0.39, 0.29) is 23.4 Å². The molecule has 1 atom stereocenters. The highest BCUT2D eigenvalue weighted by molar-refractivity contribution is 5.99. The number of nitrogens with zero attached hydrogens (tertiary/aromatic N) is 3. The summed E-state index contributed by atoms with van der Waals surface area (Å²) >= 11 is 0. The molecule has 2 aromatic rings. The predicted octanol–water partition coefficient (Wildman–Crippen LogP) is 2.36. The van der Waals surface area contributed by atoms with Gasteiger partial charge in [-0.1, -0.05) is 0 Å². The van der Waals surface area contributed by atoms with E-state index in [9.17, 15) is 14.0 Å². The molecule has 118 valence electrons. The summed E-state index contributed by atoms with van der Waals surface area (Å²) in [5, 5.41) is 8.88. The molecule has 1 saturated heterocycles. The van der Waals surface area contributed by atoms with Gasteiger partial charge in [0.25, 0.3) is 5.91 Å². The van der Waals surface area contributed by atoms with Crippen LogP contribution in [0.4, 0.5) is 9.18 Å². The fraction of sp³-hybridized carbons (Fsp3) is 0.267. The number of ether oxygens (including phenoxy) is 1.